The molecule has 0 amide bonds. The van der Waals surface area contributed by atoms with Crippen LogP contribution in [0.2, 0.25) is 0 Å². The van der Waals surface area contributed by atoms with Crippen LogP contribution in [0.1, 0.15) is 5.69 Å². The van der Waals surface area contributed by atoms with Gasteiger partial charge in [0.1, 0.15) is 11.9 Å². The lowest BCUT2D eigenvalue weighted by atomic mass is 10.1. The van der Waals surface area contributed by atoms with Crippen molar-refractivity contribution >= 4 is 0 Å². The summed E-state index contributed by atoms with van der Waals surface area (Å²) in [7, 11) is 2.08. The second kappa shape index (κ2) is 5.00. The molecule has 1 fully saturated rings. The number of nitrogens with zero attached hydrogens (tertiary/aromatic N) is 2. The Labute approximate surface area is 123 Å². The molecule has 21 heavy (non-hydrogen) atoms. The minimum absolute atomic E-state index is 0.255. The molecule has 0 unspecified atom stereocenters. The van der Waals surface area contributed by atoms with E-state index in [1.165, 1.54) is 5.69 Å². The Morgan fingerprint density at radius 1 is 1.19 bits per heavy atom. The zero-order chi connectivity index (χ0) is 14.2. The van der Waals surface area contributed by atoms with Gasteiger partial charge in [0.15, 0.2) is 11.5 Å². The molecule has 2 aromatic rings. The maximum absolute atomic E-state index is 5.97. The van der Waals surface area contributed by atoms with Gasteiger partial charge in [0.25, 0.3) is 0 Å². The van der Waals surface area contributed by atoms with Crippen LogP contribution in [0, 0.1) is 0 Å². The molecule has 1 aromatic heterocycles. The number of rotatable bonds is 4. The molecule has 0 saturated carbocycles. The largest absolute Gasteiger partial charge is 0.488 e. The summed E-state index contributed by atoms with van der Waals surface area (Å²) in [5.41, 5.74) is 1.33. The summed E-state index contributed by atoms with van der Waals surface area (Å²) < 4.78 is 18.8. The molecule has 2 aliphatic rings. The average Bonchev–Trinajstić information content (AvgIpc) is 3.05. The first-order valence-corrected chi connectivity index (χ1v) is 7.17. The standard InChI is InChI=1S/C16H18N2O3/c1-17-6-2-3-12(17)8-18-9-14(10-18)21-13-4-5-15-16(7-13)20-11-19-15/h2-7,14H,8-11H2,1H3. The van der Waals surface area contributed by atoms with E-state index >= 15 is 0 Å². The van der Waals surface area contributed by atoms with Gasteiger partial charge in [-0.05, 0) is 24.3 Å². The number of fused-ring (bicyclic) bond motifs is 1. The normalized spacial score (nSPS) is 17.8. The second-order valence-electron chi connectivity index (χ2n) is 5.56. The third-order valence-corrected chi connectivity index (χ3v) is 4.01. The van der Waals surface area contributed by atoms with Gasteiger partial charge in [0, 0.05) is 44.6 Å². The smallest absolute Gasteiger partial charge is 0.231 e. The van der Waals surface area contributed by atoms with Crippen molar-refractivity contribution in [3.63, 3.8) is 0 Å². The quantitative estimate of drug-likeness (QED) is 0.861. The van der Waals surface area contributed by atoms with Gasteiger partial charge in [-0.25, -0.2) is 0 Å². The third kappa shape index (κ3) is 2.45. The molecule has 5 nitrogen and oxygen atoms in total. The molecular weight excluding hydrogens is 268 g/mol. The summed E-state index contributed by atoms with van der Waals surface area (Å²) in [4.78, 5) is 2.38. The monoisotopic (exact) mass is 286 g/mol. The van der Waals surface area contributed by atoms with Gasteiger partial charge in [0.2, 0.25) is 6.79 Å². The molecular formula is C16H18N2O3. The maximum atomic E-state index is 5.97. The first-order valence-electron chi connectivity index (χ1n) is 7.17. The zero-order valence-electron chi connectivity index (χ0n) is 12.0. The minimum Gasteiger partial charge on any atom is -0.488 e. The first kappa shape index (κ1) is 12.6. The van der Waals surface area contributed by atoms with Crippen molar-refractivity contribution in [2.75, 3.05) is 19.9 Å². The molecule has 0 bridgehead atoms. The van der Waals surface area contributed by atoms with E-state index < -0.39 is 0 Å². The van der Waals surface area contributed by atoms with Crippen LogP contribution in [-0.2, 0) is 13.6 Å². The number of aromatic nitrogens is 1. The lowest BCUT2D eigenvalue weighted by molar-refractivity contribution is 0.0132. The summed E-state index contributed by atoms with van der Waals surface area (Å²) in [5.74, 6) is 2.41. The highest BCUT2D eigenvalue weighted by Gasteiger charge is 2.29. The molecule has 0 radical (unpaired) electrons. The number of hydrogen-bond acceptors (Lipinski definition) is 4. The van der Waals surface area contributed by atoms with Crippen LogP contribution in [0.25, 0.3) is 0 Å². The van der Waals surface area contributed by atoms with Crippen LogP contribution in [0.15, 0.2) is 36.5 Å². The van der Waals surface area contributed by atoms with Gasteiger partial charge in [-0.1, -0.05) is 0 Å². The van der Waals surface area contributed by atoms with E-state index in [1.807, 2.05) is 18.2 Å². The summed E-state index contributed by atoms with van der Waals surface area (Å²) in [6.45, 7) is 3.19. The molecule has 4 rings (SSSR count). The zero-order valence-corrected chi connectivity index (χ0v) is 12.0. The SMILES string of the molecule is Cn1cccc1CN1CC(Oc2ccc3c(c2)OCO3)C1. The van der Waals surface area contributed by atoms with E-state index in [0.29, 0.717) is 6.79 Å². The highest BCUT2D eigenvalue weighted by molar-refractivity contribution is 5.47. The highest BCUT2D eigenvalue weighted by atomic mass is 16.7. The summed E-state index contributed by atoms with van der Waals surface area (Å²) >= 11 is 0. The molecule has 0 spiro atoms. The fraction of sp³-hybridized carbons (Fsp3) is 0.375. The van der Waals surface area contributed by atoms with Crippen LogP contribution in [0.3, 0.4) is 0 Å². The first-order chi connectivity index (χ1) is 10.3. The predicted octanol–water partition coefficient (Wildman–Crippen LogP) is 2.02. The Hall–Kier alpha value is -2.14. The lowest BCUT2D eigenvalue weighted by Gasteiger charge is -2.39. The molecule has 3 heterocycles. The van der Waals surface area contributed by atoms with E-state index in [9.17, 15) is 0 Å². The van der Waals surface area contributed by atoms with E-state index in [4.69, 9.17) is 14.2 Å². The van der Waals surface area contributed by atoms with Crippen molar-refractivity contribution < 1.29 is 14.2 Å². The predicted molar refractivity (Wildman–Crippen MR) is 77.7 cm³/mol. The Bertz CT molecular complexity index is 647. The van der Waals surface area contributed by atoms with E-state index in [0.717, 1.165) is 36.9 Å². The van der Waals surface area contributed by atoms with Crippen LogP contribution in [-0.4, -0.2) is 35.5 Å². The number of benzene rings is 1. The summed E-state index contributed by atoms with van der Waals surface area (Å²) in [5, 5.41) is 0. The number of likely N-dealkylation sites (tertiary alicyclic amines) is 1. The van der Waals surface area contributed by atoms with E-state index in [2.05, 4.69) is 34.8 Å². The van der Waals surface area contributed by atoms with Gasteiger partial charge in [-0.2, -0.15) is 0 Å². The van der Waals surface area contributed by atoms with Crippen molar-refractivity contribution in [3.8, 4) is 17.2 Å². The highest BCUT2D eigenvalue weighted by Crippen LogP contribution is 2.35. The maximum Gasteiger partial charge on any atom is 0.231 e. The Balaban J connectivity index is 1.31. The van der Waals surface area contributed by atoms with Gasteiger partial charge in [-0.15, -0.1) is 0 Å². The summed E-state index contributed by atoms with van der Waals surface area (Å²) in [6, 6.07) is 9.98. The number of ether oxygens (including phenoxy) is 3. The van der Waals surface area contributed by atoms with Gasteiger partial charge < -0.3 is 18.8 Å². The van der Waals surface area contributed by atoms with Crippen molar-refractivity contribution in [1.29, 1.82) is 0 Å². The van der Waals surface area contributed by atoms with Crippen molar-refractivity contribution in [3.05, 3.63) is 42.2 Å². The molecule has 110 valence electrons. The topological polar surface area (TPSA) is 35.9 Å². The van der Waals surface area contributed by atoms with E-state index in [-0.39, 0.29) is 6.10 Å². The Kier molecular flexibility index (Phi) is 3.00. The van der Waals surface area contributed by atoms with Crippen LogP contribution >= 0.6 is 0 Å². The van der Waals surface area contributed by atoms with Crippen LogP contribution in [0.4, 0.5) is 0 Å². The van der Waals surface area contributed by atoms with Crippen molar-refractivity contribution in [2.24, 2.45) is 7.05 Å². The molecule has 5 heteroatoms. The van der Waals surface area contributed by atoms with Crippen LogP contribution < -0.4 is 14.2 Å². The second-order valence-corrected chi connectivity index (χ2v) is 5.56. The molecule has 1 saturated heterocycles. The van der Waals surface area contributed by atoms with Crippen LogP contribution in [0.5, 0.6) is 17.2 Å². The summed E-state index contributed by atoms with van der Waals surface area (Å²) in [6.07, 6.45) is 2.33. The minimum atomic E-state index is 0.255. The van der Waals surface area contributed by atoms with Gasteiger partial charge in [-0.3, -0.25) is 4.90 Å². The number of hydrogen-bond donors (Lipinski definition) is 0. The number of aryl methyl sites for hydroxylation is 1. The van der Waals surface area contributed by atoms with E-state index in [1.54, 1.807) is 0 Å². The molecule has 0 N–H and O–H groups in total. The Morgan fingerprint density at radius 3 is 2.86 bits per heavy atom. The van der Waals surface area contributed by atoms with Crippen molar-refractivity contribution in [1.82, 2.24) is 9.47 Å². The van der Waals surface area contributed by atoms with Gasteiger partial charge >= 0.3 is 0 Å². The van der Waals surface area contributed by atoms with Gasteiger partial charge in [0.05, 0.1) is 0 Å². The fourth-order valence-electron chi connectivity index (χ4n) is 2.76. The fourth-order valence-corrected chi connectivity index (χ4v) is 2.76. The third-order valence-electron chi connectivity index (χ3n) is 4.01. The average molecular weight is 286 g/mol. The Morgan fingerprint density at radius 2 is 2.05 bits per heavy atom. The molecule has 1 aromatic carbocycles. The van der Waals surface area contributed by atoms with Crippen molar-refractivity contribution in [2.45, 2.75) is 12.6 Å². The molecule has 2 aliphatic heterocycles. The molecule has 0 atom stereocenters. The molecule has 0 aliphatic carbocycles. The lowest BCUT2D eigenvalue weighted by Crippen LogP contribution is -2.53.